The minimum atomic E-state index is -0.451. The van der Waals surface area contributed by atoms with Crippen molar-refractivity contribution in [3.63, 3.8) is 0 Å². The largest absolute Gasteiger partial charge is 0.460 e. The highest BCUT2D eigenvalue weighted by molar-refractivity contribution is 5.86. The predicted octanol–water partition coefficient (Wildman–Crippen LogP) is 1.09. The molecule has 0 spiro atoms. The first-order valence-electron chi connectivity index (χ1n) is 12.3. The number of aromatic nitrogens is 6. The Bertz CT molecular complexity index is 1080. The molecule has 1 atom stereocenters. The summed E-state index contributed by atoms with van der Waals surface area (Å²) in [6, 6.07) is 2.42. The summed E-state index contributed by atoms with van der Waals surface area (Å²) in [5.41, 5.74) is 1.07. The van der Waals surface area contributed by atoms with Crippen LogP contribution in [0.4, 0.5) is 4.79 Å². The molecule has 1 aliphatic heterocycles. The van der Waals surface area contributed by atoms with Crippen LogP contribution < -0.4 is 0 Å². The van der Waals surface area contributed by atoms with E-state index < -0.39 is 5.97 Å². The molecule has 1 fully saturated rings. The summed E-state index contributed by atoms with van der Waals surface area (Å²) >= 11 is 0. The molecular weight excluding hydrogens is 476 g/mol. The van der Waals surface area contributed by atoms with Crippen LogP contribution >= 0.6 is 0 Å². The maximum Gasteiger partial charge on any atom is 0.333 e. The van der Waals surface area contributed by atoms with Gasteiger partial charge in [-0.2, -0.15) is 9.94 Å². The molecule has 0 bridgehead atoms. The van der Waals surface area contributed by atoms with Crippen LogP contribution in [0.3, 0.4) is 0 Å². The lowest BCUT2D eigenvalue weighted by atomic mass is 10.00. The molecule has 3 rings (SSSR count). The maximum absolute atomic E-state index is 13.0. The third-order valence-electron chi connectivity index (χ3n) is 6.39. The number of hydrogen-bond acceptors (Lipinski definition) is 10. The Morgan fingerprint density at radius 3 is 2.62 bits per heavy atom. The molecule has 0 radical (unpaired) electrons. The summed E-state index contributed by atoms with van der Waals surface area (Å²) in [6.45, 7) is 10.3. The van der Waals surface area contributed by atoms with Crippen LogP contribution in [-0.2, 0) is 16.0 Å². The molecule has 0 aromatic carbocycles. The van der Waals surface area contributed by atoms with Gasteiger partial charge in [-0.15, -0.1) is 5.10 Å². The van der Waals surface area contributed by atoms with E-state index in [1.165, 1.54) is 11.0 Å². The number of tetrazole rings is 1. The number of esters is 1. The third kappa shape index (κ3) is 7.78. The molecule has 37 heavy (non-hydrogen) atoms. The van der Waals surface area contributed by atoms with Gasteiger partial charge in [0.1, 0.15) is 12.9 Å². The van der Waals surface area contributed by atoms with Gasteiger partial charge in [-0.3, -0.25) is 4.98 Å². The highest BCUT2D eigenvalue weighted by Crippen LogP contribution is 2.19. The Morgan fingerprint density at radius 1 is 1.30 bits per heavy atom. The molecule has 13 heteroatoms. The summed E-state index contributed by atoms with van der Waals surface area (Å²) in [6.07, 6.45) is 6.82. The second kappa shape index (κ2) is 13.4. The average Bonchev–Trinajstić information content (AvgIpc) is 3.46. The zero-order valence-electron chi connectivity index (χ0n) is 21.7. The Labute approximate surface area is 216 Å². The Morgan fingerprint density at radius 2 is 2.05 bits per heavy atom. The zero-order chi connectivity index (χ0) is 26.8. The topological polar surface area (TPSA) is 146 Å². The quantitative estimate of drug-likeness (QED) is 0.318. The van der Waals surface area contributed by atoms with Gasteiger partial charge in [0, 0.05) is 51.3 Å². The van der Waals surface area contributed by atoms with Crippen molar-refractivity contribution in [2.75, 3.05) is 46.4 Å². The van der Waals surface area contributed by atoms with Crippen LogP contribution in [0, 0.1) is 17.2 Å². The Hall–Kier alpha value is -3.92. The van der Waals surface area contributed by atoms with Crippen molar-refractivity contribution < 1.29 is 14.3 Å². The number of rotatable bonds is 11. The van der Waals surface area contributed by atoms with Crippen molar-refractivity contribution in [1.29, 1.82) is 5.26 Å². The van der Waals surface area contributed by atoms with E-state index in [9.17, 15) is 14.9 Å². The number of hydrogen-bond donors (Lipinski definition) is 0. The molecule has 2 amide bonds. The highest BCUT2D eigenvalue weighted by atomic mass is 16.5. The average molecular weight is 511 g/mol. The Kier molecular flexibility index (Phi) is 10.0. The van der Waals surface area contributed by atoms with Gasteiger partial charge in [-0.25, -0.2) is 14.6 Å². The van der Waals surface area contributed by atoms with Crippen LogP contribution in [0.15, 0.2) is 30.9 Å². The van der Waals surface area contributed by atoms with Gasteiger partial charge in [0.25, 0.3) is 0 Å². The number of likely N-dealkylation sites (N-methyl/N-ethyl adjacent to an activating group) is 1. The summed E-state index contributed by atoms with van der Waals surface area (Å²) < 4.78 is 6.56. The SMILES string of the molecule is C=C(C)C(=O)OCCN(CC)C(=O)N(C)C1CCN(CC(C#N)Cc2cnc(-n3cnnn3)cn2)CC1. The van der Waals surface area contributed by atoms with Crippen molar-refractivity contribution in [3.8, 4) is 11.9 Å². The van der Waals surface area contributed by atoms with Gasteiger partial charge in [0.2, 0.25) is 0 Å². The number of amides is 2. The third-order valence-corrected chi connectivity index (χ3v) is 6.39. The first kappa shape index (κ1) is 27.7. The maximum atomic E-state index is 13.0. The molecule has 1 saturated heterocycles. The van der Waals surface area contributed by atoms with Crippen LogP contribution in [0.5, 0.6) is 0 Å². The fraction of sp³-hybridized carbons (Fsp3) is 0.583. The molecule has 1 unspecified atom stereocenters. The molecule has 2 aromatic heterocycles. The lowest BCUT2D eigenvalue weighted by molar-refractivity contribution is -0.139. The normalized spacial score (nSPS) is 15.0. The Balaban J connectivity index is 1.44. The molecule has 1 aliphatic rings. The summed E-state index contributed by atoms with van der Waals surface area (Å²) in [5, 5.41) is 20.7. The number of urea groups is 1. The van der Waals surface area contributed by atoms with E-state index in [2.05, 4.69) is 43.0 Å². The molecule has 0 aliphatic carbocycles. The minimum Gasteiger partial charge on any atom is -0.460 e. The van der Waals surface area contributed by atoms with Crippen molar-refractivity contribution in [1.82, 2.24) is 44.9 Å². The minimum absolute atomic E-state index is 0.0779. The van der Waals surface area contributed by atoms with E-state index in [0.717, 1.165) is 31.6 Å². The van der Waals surface area contributed by atoms with E-state index in [1.807, 2.05) is 14.0 Å². The van der Waals surface area contributed by atoms with Crippen LogP contribution in [0.25, 0.3) is 5.82 Å². The van der Waals surface area contributed by atoms with E-state index in [-0.39, 0.29) is 24.6 Å². The van der Waals surface area contributed by atoms with Crippen LogP contribution in [0.2, 0.25) is 0 Å². The fourth-order valence-electron chi connectivity index (χ4n) is 4.18. The number of carbonyl (C=O) groups is 2. The van der Waals surface area contributed by atoms with Crippen LogP contribution in [0.1, 0.15) is 32.4 Å². The van der Waals surface area contributed by atoms with E-state index in [1.54, 1.807) is 29.1 Å². The highest BCUT2D eigenvalue weighted by Gasteiger charge is 2.28. The van der Waals surface area contributed by atoms with E-state index in [4.69, 9.17) is 4.74 Å². The van der Waals surface area contributed by atoms with Crippen LogP contribution in [-0.4, -0.2) is 109 Å². The predicted molar refractivity (Wildman–Crippen MR) is 133 cm³/mol. The molecule has 0 N–H and O–H groups in total. The summed E-state index contributed by atoms with van der Waals surface area (Å²) in [7, 11) is 1.82. The van der Waals surface area contributed by atoms with Crippen molar-refractivity contribution in [3.05, 3.63) is 36.6 Å². The standard InChI is InChI=1S/C24H34N10O3/c1-5-33(10-11-37-23(35)18(2)3)24(36)31(4)21-6-8-32(9-7-21)16-19(13-25)12-20-14-27-22(15-26-20)34-17-28-29-30-34/h14-15,17,19,21H,2,5-12,16H2,1,3-4H3. The van der Waals surface area contributed by atoms with Gasteiger partial charge < -0.3 is 19.4 Å². The van der Waals surface area contributed by atoms with Gasteiger partial charge in [0.05, 0.1) is 36.6 Å². The molecule has 2 aromatic rings. The number of nitrogens with zero attached hydrogens (tertiary/aromatic N) is 10. The van der Waals surface area contributed by atoms with Crippen molar-refractivity contribution in [2.24, 2.45) is 5.92 Å². The lowest BCUT2D eigenvalue weighted by Crippen LogP contribution is -2.51. The zero-order valence-corrected chi connectivity index (χ0v) is 21.7. The fourth-order valence-corrected chi connectivity index (χ4v) is 4.18. The van der Waals surface area contributed by atoms with Gasteiger partial charge in [0.15, 0.2) is 5.82 Å². The number of ether oxygens (including phenoxy) is 1. The number of nitriles is 1. The van der Waals surface area contributed by atoms with Gasteiger partial charge >= 0.3 is 12.0 Å². The smallest absolute Gasteiger partial charge is 0.333 e. The van der Waals surface area contributed by atoms with Crippen molar-refractivity contribution >= 4 is 12.0 Å². The number of carbonyl (C=O) groups excluding carboxylic acids is 2. The summed E-state index contributed by atoms with van der Waals surface area (Å²) in [4.78, 5) is 39.0. The van der Waals surface area contributed by atoms with Gasteiger partial charge in [-0.1, -0.05) is 6.58 Å². The lowest BCUT2D eigenvalue weighted by Gasteiger charge is -2.39. The molecular formula is C24H34N10O3. The molecule has 198 valence electrons. The number of piperidine rings is 1. The second-order valence-electron chi connectivity index (χ2n) is 9.07. The first-order chi connectivity index (χ1) is 17.8. The summed E-state index contributed by atoms with van der Waals surface area (Å²) in [5.74, 6) is -0.160. The van der Waals surface area contributed by atoms with Gasteiger partial charge in [-0.05, 0) is 37.1 Å². The second-order valence-corrected chi connectivity index (χ2v) is 9.07. The van der Waals surface area contributed by atoms with E-state index in [0.29, 0.717) is 37.4 Å². The molecule has 13 nitrogen and oxygen atoms in total. The molecule has 3 heterocycles. The number of likely N-dealkylation sites (tertiary alicyclic amines) is 1. The monoisotopic (exact) mass is 510 g/mol. The molecule has 0 saturated carbocycles. The van der Waals surface area contributed by atoms with Crippen molar-refractivity contribution in [2.45, 2.75) is 39.2 Å². The first-order valence-corrected chi connectivity index (χ1v) is 12.3. The van der Waals surface area contributed by atoms with E-state index >= 15 is 0 Å².